The second kappa shape index (κ2) is 7.84. The normalized spacial score (nSPS) is 23.9. The van der Waals surface area contributed by atoms with Gasteiger partial charge in [0.2, 0.25) is 0 Å². The van der Waals surface area contributed by atoms with E-state index in [9.17, 15) is 0 Å². The largest absolute Gasteiger partial charge is 0.396 e. The molecule has 2 atom stereocenters. The smallest absolute Gasteiger partial charge is 0.0543 e. The third kappa shape index (κ3) is 4.41. The maximum atomic E-state index is 9.10. The molecule has 1 aliphatic rings. The molecular formula is C11H19Cl2N3O. The van der Waals surface area contributed by atoms with Crippen LogP contribution in [-0.2, 0) is 6.54 Å². The molecule has 3 N–H and O–H groups in total. The molecule has 2 rings (SSSR count). The first-order valence-electron chi connectivity index (χ1n) is 5.28. The molecule has 6 heteroatoms. The summed E-state index contributed by atoms with van der Waals surface area (Å²) < 4.78 is 0. The Kier molecular flexibility index (Phi) is 7.66. The number of likely N-dealkylation sites (tertiary alicyclic amines) is 1. The fourth-order valence-electron chi connectivity index (χ4n) is 2.03. The van der Waals surface area contributed by atoms with E-state index in [1.165, 1.54) is 0 Å². The summed E-state index contributed by atoms with van der Waals surface area (Å²) in [7, 11) is 0. The van der Waals surface area contributed by atoms with Gasteiger partial charge in [-0.05, 0) is 12.1 Å². The van der Waals surface area contributed by atoms with Crippen LogP contribution in [0.1, 0.15) is 5.69 Å². The summed E-state index contributed by atoms with van der Waals surface area (Å²) in [6.07, 6.45) is 1.80. The summed E-state index contributed by atoms with van der Waals surface area (Å²) in [6.45, 7) is 2.72. The minimum atomic E-state index is 0. The predicted molar refractivity (Wildman–Crippen MR) is 72.6 cm³/mol. The number of pyridine rings is 1. The highest BCUT2D eigenvalue weighted by atomic mass is 35.5. The zero-order chi connectivity index (χ0) is 10.7. The third-order valence-corrected chi connectivity index (χ3v) is 2.91. The Morgan fingerprint density at radius 1 is 1.35 bits per heavy atom. The molecule has 2 heterocycles. The van der Waals surface area contributed by atoms with Gasteiger partial charge in [0.15, 0.2) is 0 Å². The van der Waals surface area contributed by atoms with Crippen molar-refractivity contribution in [2.45, 2.75) is 12.6 Å². The summed E-state index contributed by atoms with van der Waals surface area (Å²) in [6, 6.07) is 6.01. The Morgan fingerprint density at radius 3 is 2.65 bits per heavy atom. The van der Waals surface area contributed by atoms with E-state index < -0.39 is 0 Å². The van der Waals surface area contributed by atoms with Crippen molar-refractivity contribution in [3.8, 4) is 0 Å². The van der Waals surface area contributed by atoms with Crippen molar-refractivity contribution in [2.75, 3.05) is 19.7 Å². The lowest BCUT2D eigenvalue weighted by Crippen LogP contribution is -2.31. The molecule has 1 aliphatic heterocycles. The number of hydrogen-bond acceptors (Lipinski definition) is 4. The second-order valence-electron chi connectivity index (χ2n) is 4.12. The SMILES string of the molecule is Cl.Cl.N[C@@H]1CN(Cc2ccccn2)C[C@H]1CO. The van der Waals surface area contributed by atoms with Crippen LogP contribution in [0.25, 0.3) is 0 Å². The number of aromatic nitrogens is 1. The first-order valence-corrected chi connectivity index (χ1v) is 5.28. The van der Waals surface area contributed by atoms with Crippen LogP contribution in [0, 0.1) is 5.92 Å². The Balaban J connectivity index is 0.00000128. The molecule has 98 valence electrons. The standard InChI is InChI=1S/C11H17N3O.2ClH/c12-11-7-14(5-9(11)8-15)6-10-3-1-2-4-13-10;;/h1-4,9,11,15H,5-8,12H2;2*1H/t9-,11+;;/m0../s1. The van der Waals surface area contributed by atoms with Crippen molar-refractivity contribution < 1.29 is 5.11 Å². The van der Waals surface area contributed by atoms with Gasteiger partial charge >= 0.3 is 0 Å². The van der Waals surface area contributed by atoms with Crippen LogP contribution in [-0.4, -0.2) is 40.7 Å². The van der Waals surface area contributed by atoms with E-state index in [0.29, 0.717) is 0 Å². The summed E-state index contributed by atoms with van der Waals surface area (Å²) >= 11 is 0. The average Bonchev–Trinajstić information content (AvgIpc) is 2.60. The highest BCUT2D eigenvalue weighted by Crippen LogP contribution is 2.16. The van der Waals surface area contributed by atoms with Gasteiger partial charge in [0, 0.05) is 44.4 Å². The van der Waals surface area contributed by atoms with Gasteiger partial charge in [0.1, 0.15) is 0 Å². The molecule has 1 aromatic heterocycles. The Labute approximate surface area is 114 Å². The number of hydrogen-bond donors (Lipinski definition) is 2. The number of halogens is 2. The van der Waals surface area contributed by atoms with Gasteiger partial charge in [0.05, 0.1) is 5.69 Å². The van der Waals surface area contributed by atoms with Gasteiger partial charge in [0.25, 0.3) is 0 Å². The van der Waals surface area contributed by atoms with Crippen LogP contribution >= 0.6 is 24.8 Å². The summed E-state index contributed by atoms with van der Waals surface area (Å²) in [5.74, 6) is 0.216. The lowest BCUT2D eigenvalue weighted by Gasteiger charge is -2.14. The van der Waals surface area contributed by atoms with Gasteiger partial charge < -0.3 is 10.8 Å². The zero-order valence-corrected chi connectivity index (χ0v) is 11.2. The van der Waals surface area contributed by atoms with Gasteiger partial charge in [-0.2, -0.15) is 0 Å². The van der Waals surface area contributed by atoms with E-state index in [1.54, 1.807) is 6.20 Å². The van der Waals surface area contributed by atoms with Crippen molar-refractivity contribution in [3.05, 3.63) is 30.1 Å². The van der Waals surface area contributed by atoms with E-state index in [2.05, 4.69) is 9.88 Å². The molecule has 4 nitrogen and oxygen atoms in total. The molecule has 1 aromatic rings. The molecule has 0 aliphatic carbocycles. The molecule has 17 heavy (non-hydrogen) atoms. The van der Waals surface area contributed by atoms with Gasteiger partial charge in [-0.3, -0.25) is 9.88 Å². The van der Waals surface area contributed by atoms with Crippen LogP contribution in [0.15, 0.2) is 24.4 Å². The third-order valence-electron chi connectivity index (χ3n) is 2.91. The van der Waals surface area contributed by atoms with Crippen LogP contribution in [0.2, 0.25) is 0 Å². The van der Waals surface area contributed by atoms with Crippen LogP contribution in [0.5, 0.6) is 0 Å². The Hall–Kier alpha value is -0.390. The van der Waals surface area contributed by atoms with Crippen molar-refractivity contribution in [1.29, 1.82) is 0 Å². The predicted octanol–water partition coefficient (Wildman–Crippen LogP) is 0.677. The van der Waals surface area contributed by atoms with Crippen molar-refractivity contribution in [1.82, 2.24) is 9.88 Å². The molecular weight excluding hydrogens is 261 g/mol. The van der Waals surface area contributed by atoms with Gasteiger partial charge in [-0.15, -0.1) is 24.8 Å². The monoisotopic (exact) mass is 279 g/mol. The lowest BCUT2D eigenvalue weighted by molar-refractivity contribution is 0.214. The van der Waals surface area contributed by atoms with Gasteiger partial charge in [-0.1, -0.05) is 6.07 Å². The van der Waals surface area contributed by atoms with Crippen LogP contribution in [0.4, 0.5) is 0 Å². The molecule has 1 fully saturated rings. The van der Waals surface area contributed by atoms with Crippen LogP contribution in [0.3, 0.4) is 0 Å². The van der Waals surface area contributed by atoms with Crippen molar-refractivity contribution in [2.24, 2.45) is 11.7 Å². The van der Waals surface area contributed by atoms with Gasteiger partial charge in [-0.25, -0.2) is 0 Å². The molecule has 0 spiro atoms. The lowest BCUT2D eigenvalue weighted by atomic mass is 10.1. The Bertz CT molecular complexity index is 313. The topological polar surface area (TPSA) is 62.4 Å². The quantitative estimate of drug-likeness (QED) is 0.854. The highest BCUT2D eigenvalue weighted by Gasteiger charge is 2.29. The maximum Gasteiger partial charge on any atom is 0.0543 e. The Morgan fingerprint density at radius 2 is 2.12 bits per heavy atom. The first-order chi connectivity index (χ1) is 7.29. The minimum absolute atomic E-state index is 0. The fraction of sp³-hybridized carbons (Fsp3) is 0.545. The molecule has 0 radical (unpaired) electrons. The molecule has 0 aromatic carbocycles. The van der Waals surface area contributed by atoms with E-state index >= 15 is 0 Å². The zero-order valence-electron chi connectivity index (χ0n) is 9.53. The molecule has 0 bridgehead atoms. The number of aliphatic hydroxyl groups excluding tert-OH is 1. The number of aliphatic hydroxyl groups is 1. The molecule has 0 saturated carbocycles. The summed E-state index contributed by atoms with van der Waals surface area (Å²) in [5, 5.41) is 9.10. The maximum absolute atomic E-state index is 9.10. The van der Waals surface area contributed by atoms with Crippen LogP contribution < -0.4 is 5.73 Å². The highest BCUT2D eigenvalue weighted by molar-refractivity contribution is 5.85. The van der Waals surface area contributed by atoms with E-state index in [0.717, 1.165) is 25.3 Å². The molecule has 0 unspecified atom stereocenters. The van der Waals surface area contributed by atoms with E-state index in [4.69, 9.17) is 10.8 Å². The average molecular weight is 280 g/mol. The number of nitrogens with two attached hydrogens (primary N) is 1. The summed E-state index contributed by atoms with van der Waals surface area (Å²) in [4.78, 5) is 6.52. The number of rotatable bonds is 3. The molecule has 1 saturated heterocycles. The van der Waals surface area contributed by atoms with E-state index in [-0.39, 0.29) is 43.4 Å². The van der Waals surface area contributed by atoms with E-state index in [1.807, 2.05) is 18.2 Å². The first kappa shape index (κ1) is 16.6. The number of nitrogens with zero attached hydrogens (tertiary/aromatic N) is 2. The van der Waals surface area contributed by atoms with Crippen molar-refractivity contribution >= 4 is 24.8 Å². The summed E-state index contributed by atoms with van der Waals surface area (Å²) in [5.41, 5.74) is 6.97. The van der Waals surface area contributed by atoms with Crippen molar-refractivity contribution in [3.63, 3.8) is 0 Å². The minimum Gasteiger partial charge on any atom is -0.396 e. The second-order valence-corrected chi connectivity index (χ2v) is 4.12. The fourth-order valence-corrected chi connectivity index (χ4v) is 2.03. The molecule has 0 amide bonds.